The van der Waals surface area contributed by atoms with Crippen molar-refractivity contribution >= 4 is 33.8 Å². The van der Waals surface area contributed by atoms with Crippen LogP contribution in [0.25, 0.3) is 10.8 Å². The molecular formula is C23H18ClNO. The molecule has 2 nitrogen and oxygen atoms in total. The van der Waals surface area contributed by atoms with Crippen molar-refractivity contribution in [2.45, 2.75) is 25.2 Å². The van der Waals surface area contributed by atoms with Gasteiger partial charge in [0.25, 0.3) is 0 Å². The van der Waals surface area contributed by atoms with Gasteiger partial charge in [0.15, 0.2) is 5.78 Å². The molecule has 0 bridgehead atoms. The molecule has 1 aliphatic carbocycles. The lowest BCUT2D eigenvalue weighted by atomic mass is 9.74. The van der Waals surface area contributed by atoms with Crippen molar-refractivity contribution < 1.29 is 4.79 Å². The Balaban J connectivity index is 1.87. The summed E-state index contributed by atoms with van der Waals surface area (Å²) in [5, 5.41) is 6.62. The number of hydrogen-bond donors (Lipinski definition) is 1. The Bertz CT molecular complexity index is 1080. The molecule has 0 amide bonds. The van der Waals surface area contributed by atoms with Crippen LogP contribution in [0, 0.1) is 0 Å². The van der Waals surface area contributed by atoms with Crippen LogP contribution in [0.4, 0.5) is 5.69 Å². The van der Waals surface area contributed by atoms with Gasteiger partial charge >= 0.3 is 0 Å². The molecule has 0 aromatic heterocycles. The Morgan fingerprint density at radius 3 is 2.62 bits per heavy atom. The maximum Gasteiger partial charge on any atom is 0.161 e. The summed E-state index contributed by atoms with van der Waals surface area (Å²) in [6.07, 6.45) is 2.43. The number of halogens is 1. The van der Waals surface area contributed by atoms with E-state index in [1.165, 1.54) is 10.8 Å². The third kappa shape index (κ3) is 2.29. The fourth-order valence-electron chi connectivity index (χ4n) is 4.37. The Morgan fingerprint density at radius 2 is 1.73 bits per heavy atom. The van der Waals surface area contributed by atoms with Gasteiger partial charge in [0.05, 0.1) is 0 Å². The summed E-state index contributed by atoms with van der Waals surface area (Å²) in [5.74, 6) is 0.121. The second-order valence-electron chi connectivity index (χ2n) is 7.00. The summed E-state index contributed by atoms with van der Waals surface area (Å²) < 4.78 is 0. The number of carbonyl (C=O) groups excluding carboxylic acids is 1. The van der Waals surface area contributed by atoms with E-state index >= 15 is 0 Å². The molecule has 3 heteroatoms. The van der Waals surface area contributed by atoms with Gasteiger partial charge in [-0.15, -0.1) is 0 Å². The predicted octanol–water partition coefficient (Wildman–Crippen LogP) is 6.06. The molecule has 0 fully saturated rings. The molecule has 2 aliphatic rings. The van der Waals surface area contributed by atoms with Crippen LogP contribution in [0.15, 0.2) is 71.9 Å². The van der Waals surface area contributed by atoms with E-state index in [0.717, 1.165) is 40.9 Å². The number of fused-ring (bicyclic) bond motifs is 3. The van der Waals surface area contributed by atoms with Crippen LogP contribution in [-0.4, -0.2) is 5.78 Å². The van der Waals surface area contributed by atoms with Gasteiger partial charge in [-0.25, -0.2) is 0 Å². The minimum absolute atomic E-state index is 0.117. The SMILES string of the molecule is O=C1CCCC2=C1[C@@H](c1ccccc1Cl)c1c(ccc3ccccc13)N2. The first-order valence-corrected chi connectivity index (χ1v) is 9.41. The number of anilines is 1. The zero-order chi connectivity index (χ0) is 17.7. The van der Waals surface area contributed by atoms with Gasteiger partial charge < -0.3 is 5.32 Å². The number of nitrogens with one attached hydrogen (secondary N) is 1. The van der Waals surface area contributed by atoms with E-state index in [-0.39, 0.29) is 11.7 Å². The highest BCUT2D eigenvalue weighted by molar-refractivity contribution is 6.31. The van der Waals surface area contributed by atoms with Crippen molar-refractivity contribution in [2.75, 3.05) is 5.32 Å². The highest BCUT2D eigenvalue weighted by Gasteiger charge is 2.36. The number of carbonyl (C=O) groups is 1. The Kier molecular flexibility index (Phi) is 3.61. The third-order valence-electron chi connectivity index (χ3n) is 5.51. The lowest BCUT2D eigenvalue weighted by Crippen LogP contribution is -2.27. The Morgan fingerprint density at radius 1 is 0.923 bits per heavy atom. The standard InChI is InChI=1S/C23H18ClNO/c24-17-9-4-3-8-16(17)22-21-15-7-2-1-6-14(15)12-13-19(21)25-18-10-5-11-20(26)23(18)22/h1-4,6-9,12-13,22,25H,5,10-11H2/t22-/m0/s1. The monoisotopic (exact) mass is 359 g/mol. The number of rotatable bonds is 1. The lowest BCUT2D eigenvalue weighted by Gasteiger charge is -2.35. The molecular weight excluding hydrogens is 342 g/mol. The predicted molar refractivity (Wildman–Crippen MR) is 107 cm³/mol. The molecule has 1 aliphatic heterocycles. The van der Waals surface area contributed by atoms with Crippen molar-refractivity contribution in [3.63, 3.8) is 0 Å². The number of ketones is 1. The summed E-state index contributed by atoms with van der Waals surface area (Å²) in [5.41, 5.74) is 5.21. The molecule has 0 radical (unpaired) electrons. The smallest absolute Gasteiger partial charge is 0.161 e. The van der Waals surface area contributed by atoms with E-state index in [2.05, 4.69) is 41.7 Å². The van der Waals surface area contributed by atoms with Gasteiger partial charge in [-0.2, -0.15) is 0 Å². The molecule has 0 saturated carbocycles. The molecule has 1 atom stereocenters. The number of benzene rings is 3. The minimum atomic E-state index is -0.117. The summed E-state index contributed by atoms with van der Waals surface area (Å²) in [6, 6.07) is 20.5. The van der Waals surface area contributed by atoms with Gasteiger partial charge in [0, 0.05) is 34.3 Å². The zero-order valence-electron chi connectivity index (χ0n) is 14.3. The van der Waals surface area contributed by atoms with Crippen LogP contribution in [-0.2, 0) is 4.79 Å². The Labute approximate surface area is 157 Å². The van der Waals surface area contributed by atoms with E-state index in [1.54, 1.807) is 0 Å². The first kappa shape index (κ1) is 15.7. The van der Waals surface area contributed by atoms with Crippen LogP contribution >= 0.6 is 11.6 Å². The first-order chi connectivity index (χ1) is 12.7. The quantitative estimate of drug-likeness (QED) is 0.572. The first-order valence-electron chi connectivity index (χ1n) is 9.03. The molecule has 1 heterocycles. The molecule has 3 aromatic rings. The minimum Gasteiger partial charge on any atom is -0.358 e. The second-order valence-corrected chi connectivity index (χ2v) is 7.40. The highest BCUT2D eigenvalue weighted by atomic mass is 35.5. The molecule has 26 heavy (non-hydrogen) atoms. The Hall–Kier alpha value is -2.58. The third-order valence-corrected chi connectivity index (χ3v) is 5.85. The number of allylic oxidation sites excluding steroid dienone is 2. The number of hydrogen-bond acceptors (Lipinski definition) is 2. The van der Waals surface area contributed by atoms with Crippen molar-refractivity contribution in [2.24, 2.45) is 0 Å². The summed E-state index contributed by atoms with van der Waals surface area (Å²) in [7, 11) is 0. The largest absolute Gasteiger partial charge is 0.358 e. The van der Waals surface area contributed by atoms with Gasteiger partial charge in [-0.1, -0.05) is 60.1 Å². The van der Waals surface area contributed by atoms with Crippen LogP contribution in [0.1, 0.15) is 36.3 Å². The normalized spacial score (nSPS) is 19.1. The molecule has 5 rings (SSSR count). The van der Waals surface area contributed by atoms with E-state index in [4.69, 9.17) is 11.6 Å². The van der Waals surface area contributed by atoms with Gasteiger partial charge in [0.2, 0.25) is 0 Å². The fraction of sp³-hybridized carbons (Fsp3) is 0.174. The topological polar surface area (TPSA) is 29.1 Å². The molecule has 1 N–H and O–H groups in total. The maximum absolute atomic E-state index is 12.9. The molecule has 0 saturated heterocycles. The van der Waals surface area contributed by atoms with Crippen LogP contribution < -0.4 is 5.32 Å². The van der Waals surface area contributed by atoms with Crippen molar-refractivity contribution in [1.82, 2.24) is 0 Å². The van der Waals surface area contributed by atoms with Crippen molar-refractivity contribution in [3.8, 4) is 0 Å². The molecule has 0 unspecified atom stereocenters. The zero-order valence-corrected chi connectivity index (χ0v) is 15.0. The van der Waals surface area contributed by atoms with E-state index < -0.39 is 0 Å². The molecule has 0 spiro atoms. The molecule has 3 aromatic carbocycles. The maximum atomic E-state index is 12.9. The summed E-state index contributed by atoms with van der Waals surface area (Å²) in [4.78, 5) is 12.9. The second kappa shape index (κ2) is 6.00. The fourth-order valence-corrected chi connectivity index (χ4v) is 4.62. The van der Waals surface area contributed by atoms with Gasteiger partial charge in [-0.3, -0.25) is 4.79 Å². The average Bonchev–Trinajstić information content (AvgIpc) is 2.67. The van der Waals surface area contributed by atoms with E-state index in [9.17, 15) is 4.79 Å². The molecule has 128 valence electrons. The van der Waals surface area contributed by atoms with E-state index in [0.29, 0.717) is 11.4 Å². The van der Waals surface area contributed by atoms with Crippen LogP contribution in [0.5, 0.6) is 0 Å². The number of Topliss-reactive ketones (excluding diaryl/α,β-unsaturated/α-hetero) is 1. The van der Waals surface area contributed by atoms with Gasteiger partial charge in [0.1, 0.15) is 0 Å². The average molecular weight is 360 g/mol. The highest BCUT2D eigenvalue weighted by Crippen LogP contribution is 2.49. The van der Waals surface area contributed by atoms with Crippen molar-refractivity contribution in [1.29, 1.82) is 0 Å². The van der Waals surface area contributed by atoms with Gasteiger partial charge in [-0.05, 0) is 46.9 Å². The summed E-state index contributed by atoms with van der Waals surface area (Å²) in [6.45, 7) is 0. The van der Waals surface area contributed by atoms with Crippen LogP contribution in [0.3, 0.4) is 0 Å². The van der Waals surface area contributed by atoms with E-state index in [1.807, 2.05) is 24.3 Å². The summed E-state index contributed by atoms with van der Waals surface area (Å²) >= 11 is 6.60. The van der Waals surface area contributed by atoms with Crippen molar-refractivity contribution in [3.05, 3.63) is 88.1 Å². The van der Waals surface area contributed by atoms with Crippen LogP contribution in [0.2, 0.25) is 5.02 Å². The lowest BCUT2D eigenvalue weighted by molar-refractivity contribution is -0.116.